The highest BCUT2D eigenvalue weighted by Gasteiger charge is 2.28. The van der Waals surface area contributed by atoms with Gasteiger partial charge in [-0.25, -0.2) is 9.50 Å². The Hall–Kier alpha value is -1.63. The van der Waals surface area contributed by atoms with Crippen molar-refractivity contribution in [2.45, 2.75) is 76.2 Å². The number of hydrogen-bond acceptors (Lipinski definition) is 5. The number of carbonyl (C=O) groups is 1. The largest absolute Gasteiger partial charge is 0.339 e. The standard InChI is InChI=1S/C18H27N5OS/c1-5-22(15-9-7-6-8-10-15)16(24)14(4)25-18-20-17-19-12(2)11-13(3)23(17)21-18/h11,14-15H,5-10H2,1-4H3. The summed E-state index contributed by atoms with van der Waals surface area (Å²) in [6, 6.07) is 2.38. The van der Waals surface area contributed by atoms with Crippen LogP contribution in [0.25, 0.3) is 5.78 Å². The second-order valence-corrected chi connectivity index (χ2v) is 8.13. The summed E-state index contributed by atoms with van der Waals surface area (Å²) in [6.45, 7) is 8.73. The van der Waals surface area contributed by atoms with Gasteiger partial charge in [-0.05, 0) is 46.6 Å². The van der Waals surface area contributed by atoms with Gasteiger partial charge in [-0.1, -0.05) is 31.0 Å². The molecule has 1 unspecified atom stereocenters. The van der Waals surface area contributed by atoms with Crippen LogP contribution < -0.4 is 0 Å². The van der Waals surface area contributed by atoms with E-state index in [9.17, 15) is 4.79 Å². The lowest BCUT2D eigenvalue weighted by Gasteiger charge is -2.35. The summed E-state index contributed by atoms with van der Waals surface area (Å²) in [5.74, 6) is 0.790. The molecule has 1 fully saturated rings. The van der Waals surface area contributed by atoms with Gasteiger partial charge in [-0.15, -0.1) is 5.10 Å². The maximum absolute atomic E-state index is 12.9. The molecule has 136 valence electrons. The van der Waals surface area contributed by atoms with Gasteiger partial charge in [0.2, 0.25) is 11.1 Å². The van der Waals surface area contributed by atoms with Gasteiger partial charge in [0.05, 0.1) is 5.25 Å². The minimum absolute atomic E-state index is 0.194. The van der Waals surface area contributed by atoms with Crippen molar-refractivity contribution in [2.24, 2.45) is 0 Å². The molecule has 1 aliphatic rings. The van der Waals surface area contributed by atoms with Gasteiger partial charge in [-0.2, -0.15) is 4.98 Å². The topological polar surface area (TPSA) is 63.4 Å². The number of hydrogen-bond donors (Lipinski definition) is 0. The Balaban J connectivity index is 1.73. The predicted octanol–water partition coefficient (Wildman–Crippen LogP) is 3.40. The molecule has 0 radical (unpaired) electrons. The summed E-state index contributed by atoms with van der Waals surface area (Å²) in [5, 5.41) is 4.93. The van der Waals surface area contributed by atoms with E-state index in [-0.39, 0.29) is 11.2 Å². The molecule has 0 spiro atoms. The molecular weight excluding hydrogens is 334 g/mol. The van der Waals surface area contributed by atoms with E-state index in [0.717, 1.165) is 30.8 Å². The van der Waals surface area contributed by atoms with E-state index in [2.05, 4.69) is 26.9 Å². The third-order valence-corrected chi connectivity index (χ3v) is 5.81. The number of amides is 1. The molecule has 0 aromatic carbocycles. The van der Waals surface area contributed by atoms with Crippen LogP contribution in [-0.2, 0) is 4.79 Å². The summed E-state index contributed by atoms with van der Waals surface area (Å²) in [7, 11) is 0. The van der Waals surface area contributed by atoms with Crippen LogP contribution in [0.15, 0.2) is 11.2 Å². The lowest BCUT2D eigenvalue weighted by atomic mass is 9.94. The van der Waals surface area contributed by atoms with Crippen LogP contribution >= 0.6 is 11.8 Å². The van der Waals surface area contributed by atoms with Crippen molar-refractivity contribution >= 4 is 23.4 Å². The molecule has 6 nitrogen and oxygen atoms in total. The molecule has 2 aromatic heterocycles. The van der Waals surface area contributed by atoms with Crippen LogP contribution in [0.3, 0.4) is 0 Å². The quantitative estimate of drug-likeness (QED) is 0.764. The van der Waals surface area contributed by atoms with Crippen molar-refractivity contribution in [3.8, 4) is 0 Å². The van der Waals surface area contributed by atoms with Gasteiger partial charge in [-0.3, -0.25) is 4.79 Å². The van der Waals surface area contributed by atoms with Crippen molar-refractivity contribution in [1.29, 1.82) is 0 Å². The molecular formula is C18H27N5OS. The molecule has 0 saturated heterocycles. The molecule has 7 heteroatoms. The maximum atomic E-state index is 12.9. The number of rotatable bonds is 5. The third kappa shape index (κ3) is 3.97. The molecule has 0 bridgehead atoms. The van der Waals surface area contributed by atoms with E-state index in [4.69, 9.17) is 0 Å². The van der Waals surface area contributed by atoms with Crippen LogP contribution in [0.5, 0.6) is 0 Å². The summed E-state index contributed by atoms with van der Waals surface area (Å²) in [6.07, 6.45) is 6.02. The van der Waals surface area contributed by atoms with Crippen molar-refractivity contribution in [3.63, 3.8) is 0 Å². The molecule has 3 rings (SSSR count). The SMILES string of the molecule is CCN(C(=O)C(C)Sc1nc2nc(C)cc(C)n2n1)C1CCCCC1. The van der Waals surface area contributed by atoms with Gasteiger partial charge in [0.1, 0.15) is 0 Å². The summed E-state index contributed by atoms with van der Waals surface area (Å²) in [5.41, 5.74) is 1.92. The first-order chi connectivity index (χ1) is 12.0. The van der Waals surface area contributed by atoms with Crippen LogP contribution in [0, 0.1) is 13.8 Å². The van der Waals surface area contributed by atoms with Gasteiger partial charge in [0.15, 0.2) is 0 Å². The molecule has 2 aromatic rings. The van der Waals surface area contributed by atoms with E-state index in [1.54, 1.807) is 4.52 Å². The number of fused-ring (bicyclic) bond motifs is 1. The fourth-order valence-corrected chi connectivity index (χ4v) is 4.44. The Labute approximate surface area is 153 Å². The number of nitrogens with zero attached hydrogens (tertiary/aromatic N) is 5. The normalized spacial score (nSPS) is 17.0. The summed E-state index contributed by atoms with van der Waals surface area (Å²) >= 11 is 1.43. The number of thioether (sulfide) groups is 1. The minimum atomic E-state index is -0.194. The molecule has 25 heavy (non-hydrogen) atoms. The molecule has 2 heterocycles. The lowest BCUT2D eigenvalue weighted by Crippen LogP contribution is -2.44. The van der Waals surface area contributed by atoms with Crippen molar-refractivity contribution in [2.75, 3.05) is 6.54 Å². The van der Waals surface area contributed by atoms with E-state index < -0.39 is 0 Å². The van der Waals surface area contributed by atoms with Crippen LogP contribution in [0.2, 0.25) is 0 Å². The van der Waals surface area contributed by atoms with Crippen molar-refractivity contribution in [1.82, 2.24) is 24.5 Å². The highest BCUT2D eigenvalue weighted by Crippen LogP contribution is 2.27. The molecule has 1 saturated carbocycles. The second-order valence-electron chi connectivity index (χ2n) is 6.82. The smallest absolute Gasteiger partial charge is 0.253 e. The summed E-state index contributed by atoms with van der Waals surface area (Å²) in [4.78, 5) is 23.9. The van der Waals surface area contributed by atoms with E-state index in [1.165, 1.54) is 31.0 Å². The first-order valence-corrected chi connectivity index (χ1v) is 10.1. The average Bonchev–Trinajstić information content (AvgIpc) is 2.99. The Morgan fingerprint density at radius 1 is 1.32 bits per heavy atom. The zero-order valence-corrected chi connectivity index (χ0v) is 16.3. The van der Waals surface area contributed by atoms with E-state index in [0.29, 0.717) is 17.0 Å². The predicted molar refractivity (Wildman–Crippen MR) is 99.8 cm³/mol. The Kier molecular flexibility index (Phi) is 5.61. The first kappa shape index (κ1) is 18.2. The molecule has 1 amide bonds. The summed E-state index contributed by atoms with van der Waals surface area (Å²) < 4.78 is 1.74. The molecule has 0 aliphatic heterocycles. The maximum Gasteiger partial charge on any atom is 0.253 e. The molecule has 1 atom stereocenters. The number of aryl methyl sites for hydroxylation is 2. The highest BCUT2D eigenvalue weighted by atomic mass is 32.2. The van der Waals surface area contributed by atoms with Gasteiger partial charge in [0.25, 0.3) is 5.78 Å². The van der Waals surface area contributed by atoms with Gasteiger partial charge in [0, 0.05) is 24.0 Å². The lowest BCUT2D eigenvalue weighted by molar-refractivity contribution is -0.133. The minimum Gasteiger partial charge on any atom is -0.339 e. The third-order valence-electron chi connectivity index (χ3n) is 4.87. The second kappa shape index (κ2) is 7.72. The first-order valence-electron chi connectivity index (χ1n) is 9.17. The highest BCUT2D eigenvalue weighted by molar-refractivity contribution is 8.00. The van der Waals surface area contributed by atoms with Crippen LogP contribution in [0.4, 0.5) is 0 Å². The Morgan fingerprint density at radius 2 is 2.04 bits per heavy atom. The monoisotopic (exact) mass is 361 g/mol. The van der Waals surface area contributed by atoms with E-state index in [1.807, 2.05) is 26.8 Å². The molecule has 1 aliphatic carbocycles. The zero-order valence-electron chi connectivity index (χ0n) is 15.5. The number of carbonyl (C=O) groups excluding carboxylic acids is 1. The zero-order chi connectivity index (χ0) is 18.0. The van der Waals surface area contributed by atoms with Crippen molar-refractivity contribution in [3.05, 3.63) is 17.5 Å². The molecule has 0 N–H and O–H groups in total. The fourth-order valence-electron chi connectivity index (χ4n) is 3.63. The Bertz CT molecular complexity index is 753. The van der Waals surface area contributed by atoms with Crippen LogP contribution in [0.1, 0.15) is 57.3 Å². The number of aromatic nitrogens is 4. The van der Waals surface area contributed by atoms with Gasteiger partial charge < -0.3 is 4.90 Å². The van der Waals surface area contributed by atoms with Crippen LogP contribution in [-0.4, -0.2) is 48.2 Å². The Morgan fingerprint density at radius 3 is 2.72 bits per heavy atom. The average molecular weight is 362 g/mol. The van der Waals surface area contributed by atoms with Crippen molar-refractivity contribution < 1.29 is 4.79 Å². The van der Waals surface area contributed by atoms with Gasteiger partial charge >= 0.3 is 0 Å². The fraction of sp³-hybridized carbons (Fsp3) is 0.667. The van der Waals surface area contributed by atoms with E-state index >= 15 is 0 Å².